The van der Waals surface area contributed by atoms with Gasteiger partial charge in [0, 0.05) is 18.1 Å². The number of nitrogens with zero attached hydrogens (tertiary/aromatic N) is 1. The van der Waals surface area contributed by atoms with E-state index in [9.17, 15) is 0 Å². The molecule has 1 rings (SSSR count). The fourth-order valence-electron chi connectivity index (χ4n) is 1.50. The molecule has 0 aliphatic carbocycles. The Balaban J connectivity index is 0.00000169. The number of rotatable bonds is 5. The lowest BCUT2D eigenvalue weighted by Crippen LogP contribution is -3.00. The fourth-order valence-corrected chi connectivity index (χ4v) is 1.50. The van der Waals surface area contributed by atoms with Crippen LogP contribution in [0.2, 0.25) is 0 Å². The Morgan fingerprint density at radius 1 is 1.21 bits per heavy atom. The molecule has 0 aromatic carbocycles. The minimum Gasteiger partial charge on any atom is -1.00 e. The number of unbranched alkanes of at least 4 members (excludes halogenated alkanes) is 1. The minimum absolute atomic E-state index is 0. The summed E-state index contributed by atoms with van der Waals surface area (Å²) in [4.78, 5) is 0. The monoisotopic (exact) mass is 197 g/mol. The number of halogens is 1. The molecule has 0 radical (unpaired) electrons. The zero-order chi connectivity index (χ0) is 9.52. The highest BCUT2D eigenvalue weighted by Crippen LogP contribution is 2.01. The Bertz CT molecular complexity index is 248. The predicted octanol–water partition coefficient (Wildman–Crippen LogP) is -0.269. The van der Waals surface area contributed by atoms with Crippen LogP contribution in [-0.4, -0.2) is 0 Å². The highest BCUT2D eigenvalue weighted by molar-refractivity contribution is 5.05. The molecule has 0 saturated carbocycles. The minimum atomic E-state index is 0. The van der Waals surface area contributed by atoms with Crippen LogP contribution in [0.5, 0.6) is 0 Å². The molecule has 0 amide bonds. The number of hydrogen-bond acceptors (Lipinski definition) is 0. The van der Waals surface area contributed by atoms with Crippen LogP contribution in [0.1, 0.15) is 38.7 Å². The van der Waals surface area contributed by atoms with Crippen LogP contribution in [0, 0.1) is 0 Å². The molecule has 0 aliphatic heterocycles. The van der Waals surface area contributed by atoms with Gasteiger partial charge in [-0.25, -0.2) is 4.57 Å². The van der Waals surface area contributed by atoms with E-state index in [0.29, 0.717) is 0 Å². The van der Waals surface area contributed by atoms with Crippen molar-refractivity contribution in [3.8, 4) is 0 Å². The summed E-state index contributed by atoms with van der Waals surface area (Å²) in [6, 6.07) is 4.38. The Morgan fingerprint density at radius 2 is 2.00 bits per heavy atom. The van der Waals surface area contributed by atoms with Crippen LogP contribution in [0.15, 0.2) is 24.5 Å². The van der Waals surface area contributed by atoms with E-state index < -0.39 is 0 Å². The summed E-state index contributed by atoms with van der Waals surface area (Å²) in [5.41, 5.74) is 1.47. The largest absolute Gasteiger partial charge is 1.00 e. The normalized spacial score (nSPS) is 9.57. The van der Waals surface area contributed by atoms with Crippen molar-refractivity contribution in [2.45, 2.75) is 46.1 Å². The molecule has 1 aromatic heterocycles. The lowest BCUT2D eigenvalue weighted by molar-refractivity contribution is -0.697. The molecule has 1 heterocycles. The summed E-state index contributed by atoms with van der Waals surface area (Å²) in [6.07, 6.45) is 9.44. The molecule has 14 heavy (non-hydrogen) atoms. The third-order valence-corrected chi connectivity index (χ3v) is 2.22. The van der Waals surface area contributed by atoms with Gasteiger partial charge < -0.3 is 4.70 Å². The van der Waals surface area contributed by atoms with Crippen molar-refractivity contribution in [2.24, 2.45) is 0 Å². The molecule has 80 valence electrons. The molecular formula is C12H20FN. The Kier molecular flexibility index (Phi) is 6.99. The van der Waals surface area contributed by atoms with Crippen LogP contribution in [-0.2, 0) is 13.0 Å². The van der Waals surface area contributed by atoms with Crippen molar-refractivity contribution >= 4 is 0 Å². The van der Waals surface area contributed by atoms with Crippen LogP contribution < -0.4 is 9.27 Å². The van der Waals surface area contributed by atoms with Gasteiger partial charge in [0.25, 0.3) is 0 Å². The molecular weight excluding hydrogens is 177 g/mol. The second-order valence-corrected chi connectivity index (χ2v) is 3.55. The van der Waals surface area contributed by atoms with E-state index in [2.05, 4.69) is 42.9 Å². The molecule has 2 heteroatoms. The average molecular weight is 197 g/mol. The lowest BCUT2D eigenvalue weighted by Gasteiger charge is -1.98. The standard InChI is InChI=1S/C12H20N.FH/c1-3-5-7-12-8-6-10-13(11-12)9-4-2;/h6,8,10-11H,3-5,7,9H2,1-2H3;1H/q+1;/p-1. The maximum Gasteiger partial charge on any atom is 0.171 e. The maximum atomic E-state index is 2.28. The molecule has 1 aromatic rings. The van der Waals surface area contributed by atoms with E-state index in [1.807, 2.05) is 0 Å². The number of pyridine rings is 1. The highest BCUT2D eigenvalue weighted by atomic mass is 19.0. The summed E-state index contributed by atoms with van der Waals surface area (Å²) in [5.74, 6) is 0. The molecule has 0 bridgehead atoms. The predicted molar refractivity (Wildman–Crippen MR) is 55.5 cm³/mol. The van der Waals surface area contributed by atoms with Crippen LogP contribution in [0.25, 0.3) is 0 Å². The number of aromatic nitrogens is 1. The van der Waals surface area contributed by atoms with E-state index in [1.165, 1.54) is 31.2 Å². The van der Waals surface area contributed by atoms with Gasteiger partial charge in [-0.15, -0.1) is 0 Å². The Morgan fingerprint density at radius 3 is 2.64 bits per heavy atom. The lowest BCUT2D eigenvalue weighted by atomic mass is 10.1. The van der Waals surface area contributed by atoms with Crippen molar-refractivity contribution in [1.82, 2.24) is 0 Å². The van der Waals surface area contributed by atoms with Crippen molar-refractivity contribution in [1.29, 1.82) is 0 Å². The summed E-state index contributed by atoms with van der Waals surface area (Å²) in [7, 11) is 0. The molecule has 0 spiro atoms. The summed E-state index contributed by atoms with van der Waals surface area (Å²) in [5, 5.41) is 0. The van der Waals surface area contributed by atoms with Crippen molar-refractivity contribution < 1.29 is 9.27 Å². The van der Waals surface area contributed by atoms with E-state index in [-0.39, 0.29) is 4.70 Å². The van der Waals surface area contributed by atoms with Gasteiger partial charge in [-0.05, 0) is 18.9 Å². The summed E-state index contributed by atoms with van der Waals surface area (Å²) in [6.45, 7) is 5.59. The number of hydrogen-bond donors (Lipinski definition) is 0. The first-order valence-corrected chi connectivity index (χ1v) is 5.34. The van der Waals surface area contributed by atoms with E-state index >= 15 is 0 Å². The molecule has 0 saturated heterocycles. The topological polar surface area (TPSA) is 3.88 Å². The molecule has 1 nitrogen and oxygen atoms in total. The smallest absolute Gasteiger partial charge is 0.171 e. The quantitative estimate of drug-likeness (QED) is 0.572. The Labute approximate surface area is 86.1 Å². The van der Waals surface area contributed by atoms with Gasteiger partial charge >= 0.3 is 0 Å². The third kappa shape index (κ3) is 4.35. The van der Waals surface area contributed by atoms with Crippen LogP contribution in [0.4, 0.5) is 0 Å². The second kappa shape index (κ2) is 7.48. The van der Waals surface area contributed by atoms with Gasteiger partial charge in [0.05, 0.1) is 0 Å². The van der Waals surface area contributed by atoms with Gasteiger partial charge in [-0.3, -0.25) is 0 Å². The van der Waals surface area contributed by atoms with Gasteiger partial charge in [-0.2, -0.15) is 0 Å². The van der Waals surface area contributed by atoms with Crippen molar-refractivity contribution in [2.75, 3.05) is 0 Å². The molecule has 0 fully saturated rings. The van der Waals surface area contributed by atoms with E-state index in [4.69, 9.17) is 0 Å². The zero-order valence-corrected chi connectivity index (χ0v) is 9.17. The van der Waals surface area contributed by atoms with Crippen molar-refractivity contribution in [3.63, 3.8) is 0 Å². The first-order valence-electron chi connectivity index (χ1n) is 5.34. The first-order chi connectivity index (χ1) is 6.36. The average Bonchev–Trinajstić information content (AvgIpc) is 2.16. The maximum absolute atomic E-state index is 2.28. The molecule has 0 aliphatic rings. The van der Waals surface area contributed by atoms with Crippen molar-refractivity contribution in [3.05, 3.63) is 30.1 Å². The third-order valence-electron chi connectivity index (χ3n) is 2.22. The van der Waals surface area contributed by atoms with Crippen LogP contribution in [0.3, 0.4) is 0 Å². The molecule has 0 atom stereocenters. The summed E-state index contributed by atoms with van der Waals surface area (Å²) < 4.78 is 2.28. The van der Waals surface area contributed by atoms with E-state index in [1.54, 1.807) is 0 Å². The zero-order valence-electron chi connectivity index (χ0n) is 9.17. The highest BCUT2D eigenvalue weighted by Gasteiger charge is 2.00. The fraction of sp³-hybridized carbons (Fsp3) is 0.583. The molecule has 0 N–H and O–H groups in total. The molecule has 0 unspecified atom stereocenters. The number of aryl methyl sites for hydroxylation is 2. The van der Waals surface area contributed by atoms with E-state index in [0.717, 1.165) is 6.54 Å². The second-order valence-electron chi connectivity index (χ2n) is 3.55. The Hall–Kier alpha value is -0.920. The SMILES string of the molecule is CCCCc1ccc[n+](CCC)c1.[F-]. The summed E-state index contributed by atoms with van der Waals surface area (Å²) >= 11 is 0. The van der Waals surface area contributed by atoms with Gasteiger partial charge in [0.1, 0.15) is 6.54 Å². The first kappa shape index (κ1) is 13.1. The van der Waals surface area contributed by atoms with Gasteiger partial charge in [0.15, 0.2) is 12.4 Å². The van der Waals surface area contributed by atoms with Gasteiger partial charge in [-0.1, -0.05) is 20.3 Å². The van der Waals surface area contributed by atoms with Gasteiger partial charge in [0.2, 0.25) is 0 Å². The van der Waals surface area contributed by atoms with Crippen LogP contribution >= 0.6 is 0 Å².